The number of carbonyl (C=O) groups excluding carboxylic acids is 1. The van der Waals surface area contributed by atoms with E-state index in [2.05, 4.69) is 6.07 Å². The molecule has 0 saturated heterocycles. The fourth-order valence-corrected chi connectivity index (χ4v) is 3.50. The molecule has 0 aromatic heterocycles. The average molecular weight is 502 g/mol. The molecule has 0 aliphatic rings. The highest BCUT2D eigenvalue weighted by molar-refractivity contribution is 5.75. The Morgan fingerprint density at radius 1 is 0.757 bits per heavy atom. The van der Waals surface area contributed by atoms with Gasteiger partial charge < -0.3 is 18.9 Å². The molecular formula is C31H35NO5. The highest BCUT2D eigenvalue weighted by Gasteiger charge is 2.37. The van der Waals surface area contributed by atoms with Gasteiger partial charge in [-0.15, -0.1) is 0 Å². The zero-order chi connectivity index (χ0) is 26.5. The van der Waals surface area contributed by atoms with Crippen molar-refractivity contribution < 1.29 is 23.7 Å². The summed E-state index contributed by atoms with van der Waals surface area (Å²) in [5.41, 5.74) is 2.10. The second-order valence-corrected chi connectivity index (χ2v) is 9.80. The lowest BCUT2D eigenvalue weighted by molar-refractivity contribution is -0.183. The standard InChI is InChI=1S/C31H35NO5/c1-31(2,3)30(33)37-28(23-34-20-24-13-7-4-8-14-24)29(36-22-26-17-11-6-12-18-26)27(19-32)35-21-25-15-9-5-10-16-25/h4-18,27-29H,20-23H2,1-3H3/t27-,28-,29+/m1/s1. The summed E-state index contributed by atoms with van der Waals surface area (Å²) >= 11 is 0. The molecule has 0 heterocycles. The van der Waals surface area contributed by atoms with Crippen LogP contribution in [0.25, 0.3) is 0 Å². The van der Waals surface area contributed by atoms with Crippen molar-refractivity contribution in [2.75, 3.05) is 6.61 Å². The molecule has 3 aromatic carbocycles. The summed E-state index contributed by atoms with van der Waals surface area (Å²) in [6.45, 7) is 6.16. The van der Waals surface area contributed by atoms with E-state index in [9.17, 15) is 10.1 Å². The fourth-order valence-electron chi connectivity index (χ4n) is 3.50. The van der Waals surface area contributed by atoms with Crippen molar-refractivity contribution in [1.29, 1.82) is 5.26 Å². The summed E-state index contributed by atoms with van der Waals surface area (Å²) in [4.78, 5) is 12.9. The molecule has 6 heteroatoms. The van der Waals surface area contributed by atoms with Crippen molar-refractivity contribution in [2.45, 2.75) is 58.9 Å². The quantitative estimate of drug-likeness (QED) is 0.273. The van der Waals surface area contributed by atoms with Gasteiger partial charge in [-0.2, -0.15) is 5.26 Å². The van der Waals surface area contributed by atoms with Gasteiger partial charge in [0.2, 0.25) is 0 Å². The minimum Gasteiger partial charge on any atom is -0.457 e. The molecule has 0 amide bonds. The highest BCUT2D eigenvalue weighted by atomic mass is 16.6. The maximum absolute atomic E-state index is 12.9. The normalized spacial score (nSPS) is 13.8. The first-order chi connectivity index (χ1) is 17.9. The van der Waals surface area contributed by atoms with Gasteiger partial charge in [0.25, 0.3) is 0 Å². The van der Waals surface area contributed by atoms with Gasteiger partial charge in [-0.05, 0) is 37.5 Å². The highest BCUT2D eigenvalue weighted by Crippen LogP contribution is 2.22. The van der Waals surface area contributed by atoms with Gasteiger partial charge in [-0.3, -0.25) is 4.79 Å². The molecule has 194 valence electrons. The van der Waals surface area contributed by atoms with Crippen LogP contribution in [0, 0.1) is 16.7 Å². The molecule has 0 fully saturated rings. The summed E-state index contributed by atoms with van der Waals surface area (Å²) in [6, 6.07) is 31.2. The third-order valence-corrected chi connectivity index (χ3v) is 5.61. The van der Waals surface area contributed by atoms with Crippen LogP contribution in [0.1, 0.15) is 37.5 Å². The molecule has 37 heavy (non-hydrogen) atoms. The van der Waals surface area contributed by atoms with Crippen molar-refractivity contribution in [1.82, 2.24) is 0 Å². The molecule has 0 N–H and O–H groups in total. The number of ether oxygens (including phenoxy) is 4. The van der Waals surface area contributed by atoms with Crippen LogP contribution in [-0.2, 0) is 43.6 Å². The zero-order valence-electron chi connectivity index (χ0n) is 21.7. The average Bonchev–Trinajstić information content (AvgIpc) is 2.91. The van der Waals surface area contributed by atoms with Crippen LogP contribution < -0.4 is 0 Å². The summed E-state index contributed by atoms with van der Waals surface area (Å²) in [6.07, 6.45) is -2.74. The first kappa shape index (κ1) is 28.1. The first-order valence-electron chi connectivity index (χ1n) is 12.4. The van der Waals surface area contributed by atoms with Crippen LogP contribution >= 0.6 is 0 Å². The minimum atomic E-state index is -0.998. The number of benzene rings is 3. The number of rotatable bonds is 13. The largest absolute Gasteiger partial charge is 0.457 e. The van der Waals surface area contributed by atoms with Crippen molar-refractivity contribution in [3.63, 3.8) is 0 Å². The predicted molar refractivity (Wildman–Crippen MR) is 141 cm³/mol. The maximum Gasteiger partial charge on any atom is 0.311 e. The van der Waals surface area contributed by atoms with Gasteiger partial charge in [-0.25, -0.2) is 0 Å². The Kier molecular flexibility index (Phi) is 10.8. The van der Waals surface area contributed by atoms with E-state index in [0.717, 1.165) is 16.7 Å². The van der Waals surface area contributed by atoms with Crippen LogP contribution in [0.3, 0.4) is 0 Å². The second kappa shape index (κ2) is 14.3. The molecule has 3 aromatic rings. The molecule has 6 nitrogen and oxygen atoms in total. The third kappa shape index (κ3) is 9.47. The summed E-state index contributed by atoms with van der Waals surface area (Å²) < 4.78 is 24.1. The smallest absolute Gasteiger partial charge is 0.311 e. The second-order valence-electron chi connectivity index (χ2n) is 9.80. The minimum absolute atomic E-state index is 0.0447. The van der Waals surface area contributed by atoms with Crippen molar-refractivity contribution >= 4 is 5.97 Å². The van der Waals surface area contributed by atoms with Gasteiger partial charge in [-0.1, -0.05) is 91.0 Å². The van der Waals surface area contributed by atoms with Crippen LogP contribution in [0.5, 0.6) is 0 Å². The van der Waals surface area contributed by atoms with Crippen LogP contribution in [0.15, 0.2) is 91.0 Å². The number of esters is 1. The van der Waals surface area contributed by atoms with Crippen LogP contribution in [0.2, 0.25) is 0 Å². The zero-order valence-corrected chi connectivity index (χ0v) is 21.7. The van der Waals surface area contributed by atoms with E-state index >= 15 is 0 Å². The van der Waals surface area contributed by atoms with Crippen LogP contribution in [0.4, 0.5) is 0 Å². The van der Waals surface area contributed by atoms with E-state index in [1.54, 1.807) is 20.8 Å². The number of hydrogen-bond donors (Lipinski definition) is 0. The van der Waals surface area contributed by atoms with Crippen LogP contribution in [-0.4, -0.2) is 30.9 Å². The molecule has 0 bridgehead atoms. The van der Waals surface area contributed by atoms with E-state index in [1.165, 1.54) is 0 Å². The van der Waals surface area contributed by atoms with E-state index in [0.29, 0.717) is 6.61 Å². The monoisotopic (exact) mass is 501 g/mol. The topological polar surface area (TPSA) is 77.8 Å². The summed E-state index contributed by atoms with van der Waals surface area (Å²) in [5.74, 6) is -0.408. The predicted octanol–water partition coefficient (Wildman–Crippen LogP) is 5.86. The lowest BCUT2D eigenvalue weighted by Gasteiger charge is -2.32. The Balaban J connectivity index is 1.82. The first-order valence-corrected chi connectivity index (χ1v) is 12.4. The fraction of sp³-hybridized carbons (Fsp3) is 0.355. The molecule has 0 radical (unpaired) electrons. The molecule has 3 atom stereocenters. The van der Waals surface area contributed by atoms with Crippen molar-refractivity contribution in [3.8, 4) is 6.07 Å². The van der Waals surface area contributed by atoms with Gasteiger partial charge in [0.05, 0.1) is 37.9 Å². The van der Waals surface area contributed by atoms with Gasteiger partial charge in [0.15, 0.2) is 12.2 Å². The number of hydrogen-bond acceptors (Lipinski definition) is 6. The molecule has 0 spiro atoms. The molecule has 0 unspecified atom stereocenters. The van der Waals surface area contributed by atoms with E-state index < -0.39 is 29.7 Å². The Morgan fingerprint density at radius 2 is 1.22 bits per heavy atom. The van der Waals surface area contributed by atoms with Gasteiger partial charge in [0, 0.05) is 0 Å². The van der Waals surface area contributed by atoms with Crippen molar-refractivity contribution in [2.24, 2.45) is 5.41 Å². The third-order valence-electron chi connectivity index (χ3n) is 5.61. The Labute approximate surface area is 219 Å². The molecule has 0 saturated carbocycles. The molecule has 0 aliphatic heterocycles. The molecular weight excluding hydrogens is 466 g/mol. The van der Waals surface area contributed by atoms with Gasteiger partial charge >= 0.3 is 5.97 Å². The summed E-state index contributed by atoms with van der Waals surface area (Å²) in [5, 5.41) is 10.1. The van der Waals surface area contributed by atoms with E-state index in [-0.39, 0.29) is 19.8 Å². The number of nitriles is 1. The maximum atomic E-state index is 12.9. The summed E-state index contributed by atoms with van der Waals surface area (Å²) in [7, 11) is 0. The SMILES string of the molecule is CC(C)(C)C(=O)O[C@H](COCc1ccccc1)[C@@H](OCc1ccccc1)[C@@H](C#N)OCc1ccccc1. The lowest BCUT2D eigenvalue weighted by Crippen LogP contribution is -2.46. The van der Waals surface area contributed by atoms with E-state index in [4.69, 9.17) is 18.9 Å². The van der Waals surface area contributed by atoms with Crippen molar-refractivity contribution in [3.05, 3.63) is 108 Å². The Bertz CT molecular complexity index is 1110. The van der Waals surface area contributed by atoms with E-state index in [1.807, 2.05) is 91.0 Å². The van der Waals surface area contributed by atoms with Gasteiger partial charge in [0.1, 0.15) is 6.10 Å². The number of nitrogens with zero attached hydrogens (tertiary/aromatic N) is 1. The Morgan fingerprint density at radius 3 is 1.68 bits per heavy atom. The Hall–Kier alpha value is -3.50. The molecule has 3 rings (SSSR count). The number of carbonyl (C=O) groups is 1. The lowest BCUT2D eigenvalue weighted by atomic mass is 9.97. The molecule has 0 aliphatic carbocycles.